The van der Waals surface area contributed by atoms with E-state index in [0.29, 0.717) is 11.5 Å². The lowest BCUT2D eigenvalue weighted by molar-refractivity contribution is -0.117. The van der Waals surface area contributed by atoms with Gasteiger partial charge in [-0.05, 0) is 61.4 Å². The van der Waals surface area contributed by atoms with Crippen LogP contribution in [0.1, 0.15) is 42.2 Å². The van der Waals surface area contributed by atoms with Crippen molar-refractivity contribution in [1.29, 1.82) is 0 Å². The van der Waals surface area contributed by atoms with E-state index in [9.17, 15) is 9.59 Å². The van der Waals surface area contributed by atoms with Crippen LogP contribution in [0.15, 0.2) is 59.3 Å². The molecule has 0 aliphatic carbocycles. The predicted molar refractivity (Wildman–Crippen MR) is 115 cm³/mol. The number of oxazole rings is 1. The fourth-order valence-electron chi connectivity index (χ4n) is 4.04. The number of fused-ring (bicyclic) bond motifs is 1. The fraction of sp³-hybridized carbons (Fsp3) is 0.261. The highest BCUT2D eigenvalue weighted by atomic mass is 16.3. The van der Waals surface area contributed by atoms with E-state index in [1.165, 1.54) is 0 Å². The van der Waals surface area contributed by atoms with E-state index < -0.39 is 0 Å². The van der Waals surface area contributed by atoms with Crippen LogP contribution in [0.5, 0.6) is 0 Å². The van der Waals surface area contributed by atoms with Crippen molar-refractivity contribution in [2.75, 3.05) is 17.3 Å². The van der Waals surface area contributed by atoms with Gasteiger partial charge in [-0.3, -0.25) is 9.59 Å². The molecule has 2 N–H and O–H groups in total. The van der Waals surface area contributed by atoms with E-state index >= 15 is 0 Å². The van der Waals surface area contributed by atoms with Gasteiger partial charge in [-0.1, -0.05) is 0 Å². The zero-order valence-electron chi connectivity index (χ0n) is 17.2. The Balaban J connectivity index is 1.67. The van der Waals surface area contributed by atoms with Crippen molar-refractivity contribution in [3.63, 3.8) is 0 Å². The van der Waals surface area contributed by atoms with Crippen LogP contribution in [0.2, 0.25) is 0 Å². The molecular formula is C23H24N4O3. The minimum Gasteiger partial charge on any atom is -0.445 e. The summed E-state index contributed by atoms with van der Waals surface area (Å²) < 4.78 is 5.34. The Bertz CT molecular complexity index is 1060. The summed E-state index contributed by atoms with van der Waals surface area (Å²) in [6.45, 7) is 3.61. The molecule has 1 aliphatic heterocycles. The highest BCUT2D eigenvalue weighted by molar-refractivity contribution is 5.97. The second-order valence-electron chi connectivity index (χ2n) is 7.44. The smallest absolute Gasteiger partial charge is 0.251 e. The Kier molecular flexibility index (Phi) is 5.27. The summed E-state index contributed by atoms with van der Waals surface area (Å²) in [5.74, 6) is 0.413. The summed E-state index contributed by atoms with van der Waals surface area (Å²) in [4.78, 5) is 30.4. The van der Waals surface area contributed by atoms with Crippen LogP contribution in [-0.2, 0) is 4.79 Å². The average molecular weight is 404 g/mol. The van der Waals surface area contributed by atoms with Gasteiger partial charge in [-0.25, -0.2) is 4.98 Å². The molecule has 4 rings (SSSR count). The maximum atomic E-state index is 12.3. The first-order valence-corrected chi connectivity index (χ1v) is 9.90. The number of anilines is 2. The van der Waals surface area contributed by atoms with Gasteiger partial charge in [0.2, 0.25) is 11.8 Å². The molecule has 7 heteroatoms. The van der Waals surface area contributed by atoms with Gasteiger partial charge in [-0.2, -0.15) is 0 Å². The molecule has 2 unspecified atom stereocenters. The SMILES string of the molecule is CNC(=O)c1ccc2c(c1)C(Nc1ccc(-c3ncco3)cc1)CC(C)N2C(C)=O. The number of nitrogens with zero attached hydrogens (tertiary/aromatic N) is 2. The third kappa shape index (κ3) is 3.66. The largest absolute Gasteiger partial charge is 0.445 e. The maximum Gasteiger partial charge on any atom is 0.251 e. The number of carbonyl (C=O) groups excluding carboxylic acids is 2. The van der Waals surface area contributed by atoms with Crippen LogP contribution in [0.25, 0.3) is 11.5 Å². The van der Waals surface area contributed by atoms with Gasteiger partial charge < -0.3 is 20.0 Å². The van der Waals surface area contributed by atoms with Crippen molar-refractivity contribution >= 4 is 23.2 Å². The van der Waals surface area contributed by atoms with E-state index in [1.807, 2.05) is 43.3 Å². The molecule has 1 aromatic heterocycles. The minimum atomic E-state index is -0.153. The molecule has 2 amide bonds. The summed E-state index contributed by atoms with van der Waals surface area (Å²) in [5, 5.41) is 6.22. The number of hydrogen-bond donors (Lipinski definition) is 2. The van der Waals surface area contributed by atoms with Gasteiger partial charge in [0.25, 0.3) is 5.91 Å². The molecule has 1 aliphatic rings. The van der Waals surface area contributed by atoms with Crippen molar-refractivity contribution in [1.82, 2.24) is 10.3 Å². The first-order valence-electron chi connectivity index (χ1n) is 9.90. The Morgan fingerprint density at radius 3 is 2.57 bits per heavy atom. The maximum absolute atomic E-state index is 12.3. The van der Waals surface area contributed by atoms with E-state index in [-0.39, 0.29) is 23.9 Å². The molecule has 7 nitrogen and oxygen atoms in total. The molecule has 0 fully saturated rings. The van der Waals surface area contributed by atoms with Gasteiger partial charge in [0.1, 0.15) is 6.26 Å². The normalized spacial score (nSPS) is 17.9. The minimum absolute atomic E-state index is 0.00908. The van der Waals surface area contributed by atoms with Crippen LogP contribution in [0, 0.1) is 0 Å². The molecule has 2 atom stereocenters. The van der Waals surface area contributed by atoms with Crippen LogP contribution in [-0.4, -0.2) is 29.9 Å². The number of aromatic nitrogens is 1. The topological polar surface area (TPSA) is 87.5 Å². The number of nitrogens with one attached hydrogen (secondary N) is 2. The van der Waals surface area contributed by atoms with E-state index in [0.717, 1.165) is 28.9 Å². The summed E-state index contributed by atoms with van der Waals surface area (Å²) in [5.41, 5.74) is 4.17. The van der Waals surface area contributed by atoms with Crippen LogP contribution >= 0.6 is 0 Å². The van der Waals surface area contributed by atoms with Crippen LogP contribution in [0.4, 0.5) is 11.4 Å². The molecule has 2 aromatic carbocycles. The van der Waals surface area contributed by atoms with Crippen LogP contribution in [0.3, 0.4) is 0 Å². The first kappa shape index (κ1) is 19.7. The third-order valence-corrected chi connectivity index (χ3v) is 5.41. The zero-order valence-corrected chi connectivity index (χ0v) is 17.2. The highest BCUT2D eigenvalue weighted by Gasteiger charge is 2.33. The van der Waals surface area contributed by atoms with Gasteiger partial charge in [0, 0.05) is 42.5 Å². The quantitative estimate of drug-likeness (QED) is 0.686. The van der Waals surface area contributed by atoms with E-state index in [4.69, 9.17) is 4.42 Å². The lowest BCUT2D eigenvalue weighted by Crippen LogP contribution is -2.43. The van der Waals surface area contributed by atoms with Gasteiger partial charge in [0.05, 0.1) is 12.2 Å². The lowest BCUT2D eigenvalue weighted by Gasteiger charge is -2.39. The highest BCUT2D eigenvalue weighted by Crippen LogP contribution is 2.39. The zero-order chi connectivity index (χ0) is 21.3. The third-order valence-electron chi connectivity index (χ3n) is 5.41. The number of hydrogen-bond acceptors (Lipinski definition) is 5. The summed E-state index contributed by atoms with van der Waals surface area (Å²) in [6.07, 6.45) is 3.89. The van der Waals surface area contributed by atoms with Crippen molar-refractivity contribution in [2.45, 2.75) is 32.4 Å². The molecular weight excluding hydrogens is 380 g/mol. The number of benzene rings is 2. The van der Waals surface area contributed by atoms with Gasteiger partial charge in [0.15, 0.2) is 0 Å². The monoisotopic (exact) mass is 404 g/mol. The summed E-state index contributed by atoms with van der Waals surface area (Å²) in [6, 6.07) is 13.3. The van der Waals surface area contributed by atoms with Crippen molar-refractivity contribution < 1.29 is 14.0 Å². The molecule has 0 spiro atoms. The Hall–Kier alpha value is -3.61. The summed E-state index contributed by atoms with van der Waals surface area (Å²) in [7, 11) is 1.61. The molecule has 154 valence electrons. The fourth-order valence-corrected chi connectivity index (χ4v) is 4.04. The lowest BCUT2D eigenvalue weighted by atomic mass is 9.90. The van der Waals surface area contributed by atoms with Crippen LogP contribution < -0.4 is 15.5 Å². The van der Waals surface area contributed by atoms with Crippen molar-refractivity contribution in [2.24, 2.45) is 0 Å². The molecule has 3 aromatic rings. The Labute approximate surface area is 175 Å². The van der Waals surface area contributed by atoms with E-state index in [1.54, 1.807) is 37.4 Å². The second-order valence-corrected chi connectivity index (χ2v) is 7.44. The van der Waals surface area contributed by atoms with Gasteiger partial charge >= 0.3 is 0 Å². The molecule has 0 saturated heterocycles. The molecule has 0 bridgehead atoms. The molecule has 2 heterocycles. The molecule has 0 radical (unpaired) electrons. The first-order chi connectivity index (χ1) is 14.5. The predicted octanol–water partition coefficient (Wildman–Crippen LogP) is 4.00. The standard InChI is InChI=1S/C23H24N4O3/c1-14-12-20(26-18-7-4-16(5-8-18)23-25-10-11-30-23)19-13-17(22(29)24-3)6-9-21(19)27(14)15(2)28/h4-11,13-14,20,26H,12H2,1-3H3,(H,24,29). The molecule has 0 saturated carbocycles. The van der Waals surface area contributed by atoms with E-state index in [2.05, 4.69) is 15.6 Å². The van der Waals surface area contributed by atoms with Crippen molar-refractivity contribution in [3.05, 3.63) is 66.1 Å². The van der Waals surface area contributed by atoms with Gasteiger partial charge in [-0.15, -0.1) is 0 Å². The molecule has 30 heavy (non-hydrogen) atoms. The Morgan fingerprint density at radius 2 is 1.93 bits per heavy atom. The van der Waals surface area contributed by atoms with Crippen molar-refractivity contribution in [3.8, 4) is 11.5 Å². The number of amides is 2. The number of carbonyl (C=O) groups is 2. The average Bonchev–Trinajstić information content (AvgIpc) is 3.28. The number of rotatable bonds is 4. The second kappa shape index (κ2) is 8.02. The Morgan fingerprint density at radius 1 is 1.17 bits per heavy atom. The summed E-state index contributed by atoms with van der Waals surface area (Å²) >= 11 is 0.